The maximum absolute atomic E-state index is 14.4. The summed E-state index contributed by atoms with van der Waals surface area (Å²) in [4.78, 5) is 4.63. The smallest absolute Gasteiger partial charge is 0.148 e. The molecule has 2 heterocycles. The van der Waals surface area contributed by atoms with Crippen molar-refractivity contribution in [3.8, 4) is 0 Å². The average molecular weight is 309 g/mol. The summed E-state index contributed by atoms with van der Waals surface area (Å²) in [5.74, 6) is -0.241. The predicted molar refractivity (Wildman–Crippen MR) is 84.8 cm³/mol. The van der Waals surface area contributed by atoms with Crippen LogP contribution >= 0.6 is 0 Å². The normalized spacial score (nSPS) is 23.4. The van der Waals surface area contributed by atoms with Crippen LogP contribution in [0.15, 0.2) is 18.2 Å². The van der Waals surface area contributed by atoms with Crippen molar-refractivity contribution in [1.29, 1.82) is 0 Å². The highest BCUT2D eigenvalue weighted by Crippen LogP contribution is 2.28. The second kappa shape index (κ2) is 6.81. The fourth-order valence-corrected chi connectivity index (χ4v) is 3.38. The third-order valence-corrected chi connectivity index (χ3v) is 4.63. The summed E-state index contributed by atoms with van der Waals surface area (Å²) in [6.07, 6.45) is 1.62. The topological polar surface area (TPSA) is 59.0 Å². The Morgan fingerprint density at radius 1 is 1.32 bits per heavy atom. The molecule has 5 nitrogen and oxygen atoms in total. The van der Waals surface area contributed by atoms with Crippen LogP contribution in [0.3, 0.4) is 0 Å². The molecule has 22 heavy (non-hydrogen) atoms. The molecule has 0 bridgehead atoms. The van der Waals surface area contributed by atoms with Crippen LogP contribution in [-0.2, 0) is 0 Å². The summed E-state index contributed by atoms with van der Waals surface area (Å²) in [7, 11) is 0. The minimum absolute atomic E-state index is 0.204. The molecule has 2 aliphatic rings. The van der Waals surface area contributed by atoms with Crippen molar-refractivity contribution in [3.63, 3.8) is 0 Å². The van der Waals surface area contributed by atoms with Gasteiger partial charge in [-0.1, -0.05) is 0 Å². The molecule has 0 amide bonds. The fourth-order valence-electron chi connectivity index (χ4n) is 3.38. The number of anilines is 2. The summed E-state index contributed by atoms with van der Waals surface area (Å²) in [5.41, 5.74) is 1.27. The van der Waals surface area contributed by atoms with Crippen LogP contribution < -0.4 is 10.2 Å². The molecule has 1 aromatic rings. The first-order valence-electron chi connectivity index (χ1n) is 7.98. The van der Waals surface area contributed by atoms with Gasteiger partial charge in [-0.15, -0.1) is 0 Å². The lowest BCUT2D eigenvalue weighted by atomic mass is 10.1. The Morgan fingerprint density at radius 2 is 2.18 bits per heavy atom. The number of aliphatic hydroxyl groups is 2. The van der Waals surface area contributed by atoms with Gasteiger partial charge in [0.15, 0.2) is 0 Å². The monoisotopic (exact) mass is 309 g/mol. The quantitative estimate of drug-likeness (QED) is 0.754. The molecule has 0 spiro atoms. The van der Waals surface area contributed by atoms with E-state index in [4.69, 9.17) is 5.11 Å². The van der Waals surface area contributed by atoms with Crippen LogP contribution in [0.2, 0.25) is 0 Å². The first-order chi connectivity index (χ1) is 10.7. The zero-order chi connectivity index (χ0) is 15.5. The molecule has 2 saturated heterocycles. The highest BCUT2D eigenvalue weighted by molar-refractivity contribution is 5.56. The molecule has 2 atom stereocenters. The van der Waals surface area contributed by atoms with E-state index in [1.165, 1.54) is 25.5 Å². The van der Waals surface area contributed by atoms with Crippen molar-refractivity contribution in [1.82, 2.24) is 4.90 Å². The lowest BCUT2D eigenvalue weighted by Gasteiger charge is -2.39. The van der Waals surface area contributed by atoms with E-state index in [2.05, 4.69) is 15.1 Å². The molecule has 122 valence electrons. The zero-order valence-corrected chi connectivity index (χ0v) is 12.7. The maximum atomic E-state index is 14.4. The summed E-state index contributed by atoms with van der Waals surface area (Å²) in [6.45, 7) is 3.84. The highest BCUT2D eigenvalue weighted by atomic mass is 19.1. The molecule has 6 heteroatoms. The number of hydrogen-bond donors (Lipinski definition) is 3. The molecule has 3 rings (SSSR count). The molecule has 3 N–H and O–H groups in total. The van der Waals surface area contributed by atoms with E-state index in [1.54, 1.807) is 6.07 Å². The number of aliphatic hydroxyl groups excluding tert-OH is 2. The van der Waals surface area contributed by atoms with E-state index in [0.29, 0.717) is 17.4 Å². The van der Waals surface area contributed by atoms with Crippen molar-refractivity contribution in [2.24, 2.45) is 0 Å². The fraction of sp³-hybridized carbons (Fsp3) is 0.625. The third-order valence-electron chi connectivity index (χ3n) is 4.63. The van der Waals surface area contributed by atoms with E-state index >= 15 is 0 Å². The number of rotatable bonds is 5. The molecular weight excluding hydrogens is 285 g/mol. The van der Waals surface area contributed by atoms with Crippen LogP contribution in [0, 0.1) is 5.82 Å². The van der Waals surface area contributed by atoms with Gasteiger partial charge < -0.3 is 20.4 Å². The van der Waals surface area contributed by atoms with Gasteiger partial charge in [-0.25, -0.2) is 4.39 Å². The number of piperazine rings is 1. The Hall–Kier alpha value is -1.37. The standard InChI is InChI=1S/C16H24FN3O2/c17-15-8-12(18-9-14(22)11-21)3-4-16(15)20-7-6-19-5-1-2-13(19)10-20/h3-4,8,13-14,18,21-22H,1-2,5-7,9-11H2. The Kier molecular flexibility index (Phi) is 4.81. The number of nitrogens with one attached hydrogen (secondary N) is 1. The first-order valence-corrected chi connectivity index (χ1v) is 7.98. The number of halogens is 1. The van der Waals surface area contributed by atoms with Gasteiger partial charge in [-0.3, -0.25) is 4.90 Å². The van der Waals surface area contributed by atoms with Crippen molar-refractivity contribution >= 4 is 11.4 Å². The maximum Gasteiger partial charge on any atom is 0.148 e. The number of hydrogen-bond acceptors (Lipinski definition) is 5. The Labute approximate surface area is 130 Å². The molecule has 2 unspecified atom stereocenters. The second-order valence-electron chi connectivity index (χ2n) is 6.16. The van der Waals surface area contributed by atoms with E-state index < -0.39 is 6.10 Å². The van der Waals surface area contributed by atoms with E-state index in [-0.39, 0.29) is 19.0 Å². The van der Waals surface area contributed by atoms with Gasteiger partial charge in [0.05, 0.1) is 18.4 Å². The van der Waals surface area contributed by atoms with Gasteiger partial charge in [0.25, 0.3) is 0 Å². The Bertz CT molecular complexity index is 514. The SMILES string of the molecule is OCC(O)CNc1ccc(N2CCN3CCCC3C2)c(F)c1. The molecule has 0 aliphatic carbocycles. The average Bonchev–Trinajstić information content (AvgIpc) is 3.00. The van der Waals surface area contributed by atoms with E-state index in [9.17, 15) is 9.50 Å². The minimum atomic E-state index is -0.835. The number of nitrogens with zero attached hydrogens (tertiary/aromatic N) is 2. The predicted octanol–water partition coefficient (Wildman–Crippen LogP) is 0.875. The van der Waals surface area contributed by atoms with Gasteiger partial charge in [-0.2, -0.15) is 0 Å². The Morgan fingerprint density at radius 3 is 2.95 bits per heavy atom. The van der Waals surface area contributed by atoms with Crippen molar-refractivity contribution < 1.29 is 14.6 Å². The Balaban J connectivity index is 1.64. The summed E-state index contributed by atoms with van der Waals surface area (Å²) in [5, 5.41) is 21.0. The van der Waals surface area contributed by atoms with Crippen molar-refractivity contribution in [2.75, 3.05) is 49.5 Å². The molecular formula is C16H24FN3O2. The summed E-state index contributed by atoms with van der Waals surface area (Å²) >= 11 is 0. The molecule has 1 aromatic carbocycles. The lowest BCUT2D eigenvalue weighted by molar-refractivity contribution is 0.105. The first kappa shape index (κ1) is 15.5. The van der Waals surface area contributed by atoms with Crippen molar-refractivity contribution in [2.45, 2.75) is 25.0 Å². The molecule has 0 aromatic heterocycles. The largest absolute Gasteiger partial charge is 0.394 e. The van der Waals surface area contributed by atoms with E-state index in [1.807, 2.05) is 6.07 Å². The summed E-state index contributed by atoms with van der Waals surface area (Å²) in [6, 6.07) is 5.64. The molecule has 2 fully saturated rings. The molecule has 2 aliphatic heterocycles. The van der Waals surface area contributed by atoms with Crippen LogP contribution in [0.4, 0.5) is 15.8 Å². The molecule has 0 radical (unpaired) electrons. The van der Waals surface area contributed by atoms with Gasteiger partial charge in [0.1, 0.15) is 5.82 Å². The van der Waals surface area contributed by atoms with Crippen LogP contribution in [0.1, 0.15) is 12.8 Å². The van der Waals surface area contributed by atoms with Crippen LogP contribution in [0.25, 0.3) is 0 Å². The van der Waals surface area contributed by atoms with Gasteiger partial charge in [0, 0.05) is 37.9 Å². The van der Waals surface area contributed by atoms with Crippen LogP contribution in [-0.4, -0.2) is 66.6 Å². The second-order valence-corrected chi connectivity index (χ2v) is 6.16. The van der Waals surface area contributed by atoms with Crippen LogP contribution in [0.5, 0.6) is 0 Å². The zero-order valence-electron chi connectivity index (χ0n) is 12.7. The third kappa shape index (κ3) is 3.34. The van der Waals surface area contributed by atoms with Gasteiger partial charge >= 0.3 is 0 Å². The van der Waals surface area contributed by atoms with E-state index in [0.717, 1.165) is 19.6 Å². The van der Waals surface area contributed by atoms with Gasteiger partial charge in [-0.05, 0) is 37.6 Å². The van der Waals surface area contributed by atoms with Crippen molar-refractivity contribution in [3.05, 3.63) is 24.0 Å². The minimum Gasteiger partial charge on any atom is -0.394 e. The highest BCUT2D eigenvalue weighted by Gasteiger charge is 2.31. The van der Waals surface area contributed by atoms with Gasteiger partial charge in [0.2, 0.25) is 0 Å². The summed E-state index contributed by atoms with van der Waals surface area (Å²) < 4.78 is 14.4. The lowest BCUT2D eigenvalue weighted by Crippen LogP contribution is -2.50. The number of fused-ring (bicyclic) bond motifs is 1. The molecule has 0 saturated carbocycles. The number of benzene rings is 1.